The van der Waals surface area contributed by atoms with Crippen molar-refractivity contribution in [3.05, 3.63) is 53.6 Å². The minimum Gasteiger partial charge on any atom is -0.490 e. The Kier molecular flexibility index (Phi) is 6.37. The molecule has 30 heavy (non-hydrogen) atoms. The first-order valence-corrected chi connectivity index (χ1v) is 10.5. The largest absolute Gasteiger partial charge is 0.490 e. The van der Waals surface area contributed by atoms with E-state index in [0.717, 1.165) is 41.3 Å². The second-order valence-corrected chi connectivity index (χ2v) is 7.41. The third-order valence-electron chi connectivity index (χ3n) is 5.23. The number of anilines is 1. The van der Waals surface area contributed by atoms with Gasteiger partial charge in [0.1, 0.15) is 0 Å². The van der Waals surface area contributed by atoms with E-state index in [2.05, 4.69) is 22.0 Å². The number of carbonyl (C=O) groups is 1. The molecule has 7 nitrogen and oxygen atoms in total. The minimum absolute atomic E-state index is 0.0477. The lowest BCUT2D eigenvalue weighted by atomic mass is 9.90. The van der Waals surface area contributed by atoms with E-state index in [0.29, 0.717) is 38.7 Å². The molecule has 0 aromatic heterocycles. The van der Waals surface area contributed by atoms with Gasteiger partial charge in [-0.1, -0.05) is 30.3 Å². The van der Waals surface area contributed by atoms with Gasteiger partial charge in [-0.2, -0.15) is 0 Å². The summed E-state index contributed by atoms with van der Waals surface area (Å²) in [5, 5.41) is 9.63. The van der Waals surface area contributed by atoms with Crippen LogP contribution in [-0.4, -0.2) is 38.2 Å². The lowest BCUT2D eigenvalue weighted by Crippen LogP contribution is -2.40. The van der Waals surface area contributed by atoms with E-state index in [1.807, 2.05) is 43.3 Å². The Morgan fingerprint density at radius 2 is 2.00 bits per heavy atom. The molecule has 2 heterocycles. The molecule has 1 unspecified atom stereocenters. The highest BCUT2D eigenvalue weighted by Crippen LogP contribution is 2.34. The molecule has 0 radical (unpaired) electrons. The maximum absolute atomic E-state index is 12.1. The highest BCUT2D eigenvalue weighted by molar-refractivity contribution is 5.94. The molecule has 0 bridgehead atoms. The zero-order valence-electron chi connectivity index (χ0n) is 17.2. The van der Waals surface area contributed by atoms with E-state index >= 15 is 0 Å². The summed E-state index contributed by atoms with van der Waals surface area (Å²) in [6, 6.07) is 13.9. The minimum atomic E-state index is 0.0477. The highest BCUT2D eigenvalue weighted by atomic mass is 16.5. The molecule has 2 aliphatic heterocycles. The van der Waals surface area contributed by atoms with Crippen molar-refractivity contribution in [3.8, 4) is 11.5 Å². The third-order valence-corrected chi connectivity index (χ3v) is 5.23. The zero-order chi connectivity index (χ0) is 20.8. The molecule has 0 fully saturated rings. The van der Waals surface area contributed by atoms with Crippen LogP contribution in [-0.2, 0) is 11.3 Å². The zero-order valence-corrected chi connectivity index (χ0v) is 17.2. The van der Waals surface area contributed by atoms with Crippen molar-refractivity contribution in [1.82, 2.24) is 10.6 Å². The van der Waals surface area contributed by atoms with Crippen molar-refractivity contribution in [1.29, 1.82) is 0 Å². The van der Waals surface area contributed by atoms with Crippen LogP contribution in [0.25, 0.3) is 0 Å². The predicted molar refractivity (Wildman–Crippen MR) is 117 cm³/mol. The Morgan fingerprint density at radius 1 is 1.13 bits per heavy atom. The van der Waals surface area contributed by atoms with E-state index in [-0.39, 0.29) is 11.8 Å². The predicted octanol–water partition coefficient (Wildman–Crippen LogP) is 3.03. The normalized spacial score (nSPS) is 18.1. The van der Waals surface area contributed by atoms with Gasteiger partial charge in [0.15, 0.2) is 17.5 Å². The van der Waals surface area contributed by atoms with Gasteiger partial charge >= 0.3 is 0 Å². The maximum atomic E-state index is 12.1. The second kappa shape index (κ2) is 9.52. The number of guanidine groups is 1. The molecule has 0 aliphatic carbocycles. The van der Waals surface area contributed by atoms with Crippen molar-refractivity contribution in [3.63, 3.8) is 0 Å². The number of amides is 1. The van der Waals surface area contributed by atoms with Crippen LogP contribution in [0, 0.1) is 0 Å². The van der Waals surface area contributed by atoms with Crippen molar-refractivity contribution in [2.45, 2.75) is 32.2 Å². The van der Waals surface area contributed by atoms with Crippen LogP contribution in [0.15, 0.2) is 47.5 Å². The Balaban J connectivity index is 1.46. The summed E-state index contributed by atoms with van der Waals surface area (Å²) in [4.78, 5) is 16.8. The SMILES string of the molecule is CCNC(=NCc1cccc2c1OCCCO2)NCC1CC(=O)Nc2ccccc21. The topological polar surface area (TPSA) is 84.0 Å². The van der Waals surface area contributed by atoms with Crippen molar-refractivity contribution < 1.29 is 14.3 Å². The van der Waals surface area contributed by atoms with Crippen molar-refractivity contribution in [2.75, 3.05) is 31.6 Å². The molecule has 0 saturated heterocycles. The van der Waals surface area contributed by atoms with Gasteiger partial charge in [-0.3, -0.25) is 4.79 Å². The van der Waals surface area contributed by atoms with Gasteiger partial charge in [0, 0.05) is 43.1 Å². The average molecular weight is 409 g/mol. The smallest absolute Gasteiger partial charge is 0.225 e. The Hall–Kier alpha value is -3.22. The summed E-state index contributed by atoms with van der Waals surface area (Å²) in [5.74, 6) is 2.43. The van der Waals surface area contributed by atoms with Crippen LogP contribution in [0.4, 0.5) is 5.69 Å². The van der Waals surface area contributed by atoms with Gasteiger partial charge in [-0.25, -0.2) is 4.99 Å². The number of rotatable bonds is 5. The van der Waals surface area contributed by atoms with Crippen LogP contribution in [0.3, 0.4) is 0 Å². The lowest BCUT2D eigenvalue weighted by Gasteiger charge is -2.26. The molecule has 0 spiro atoms. The second-order valence-electron chi connectivity index (χ2n) is 7.41. The van der Waals surface area contributed by atoms with E-state index < -0.39 is 0 Å². The molecule has 4 rings (SSSR count). The number of nitrogens with zero attached hydrogens (tertiary/aromatic N) is 1. The molecular formula is C23H28N4O3. The summed E-state index contributed by atoms with van der Waals surface area (Å²) < 4.78 is 11.7. The van der Waals surface area contributed by atoms with Gasteiger partial charge in [0.2, 0.25) is 5.91 Å². The number of fused-ring (bicyclic) bond motifs is 2. The Bertz CT molecular complexity index is 928. The summed E-state index contributed by atoms with van der Waals surface area (Å²) in [7, 11) is 0. The quantitative estimate of drug-likeness (QED) is 0.523. The van der Waals surface area contributed by atoms with Gasteiger partial charge in [-0.15, -0.1) is 0 Å². The van der Waals surface area contributed by atoms with Crippen molar-refractivity contribution in [2.24, 2.45) is 4.99 Å². The summed E-state index contributed by atoms with van der Waals surface area (Å²) in [6.07, 6.45) is 1.33. The van der Waals surface area contributed by atoms with Gasteiger partial charge in [-0.05, 0) is 24.6 Å². The fourth-order valence-electron chi connectivity index (χ4n) is 3.79. The Morgan fingerprint density at radius 3 is 2.90 bits per heavy atom. The number of para-hydroxylation sites is 2. The number of nitrogens with one attached hydrogen (secondary N) is 3. The van der Waals surface area contributed by atoms with E-state index in [1.54, 1.807) is 0 Å². The first-order valence-electron chi connectivity index (χ1n) is 10.5. The molecule has 1 atom stereocenters. The van der Waals surface area contributed by atoms with Gasteiger partial charge < -0.3 is 25.4 Å². The van der Waals surface area contributed by atoms with Crippen LogP contribution in [0.2, 0.25) is 0 Å². The molecule has 2 aromatic rings. The van der Waals surface area contributed by atoms with Crippen LogP contribution in [0.1, 0.15) is 36.8 Å². The maximum Gasteiger partial charge on any atom is 0.225 e. The standard InChI is InChI=1S/C23H28N4O3/c1-2-24-23(25-14-16-7-5-10-20-22(16)30-12-6-11-29-20)26-15-17-13-21(28)27-19-9-4-3-8-18(17)19/h3-5,7-10,17H,2,6,11-15H2,1H3,(H,27,28)(H2,24,25,26). The van der Waals surface area contributed by atoms with Gasteiger partial charge in [0.25, 0.3) is 0 Å². The number of hydrogen-bond donors (Lipinski definition) is 3. The van der Waals surface area contributed by atoms with E-state index in [1.165, 1.54) is 0 Å². The van der Waals surface area contributed by atoms with Crippen LogP contribution >= 0.6 is 0 Å². The number of hydrogen-bond acceptors (Lipinski definition) is 4. The summed E-state index contributed by atoms with van der Waals surface area (Å²) in [6.45, 7) is 5.20. The molecule has 2 aliphatic rings. The van der Waals surface area contributed by atoms with Crippen LogP contribution in [0.5, 0.6) is 11.5 Å². The lowest BCUT2D eigenvalue weighted by molar-refractivity contribution is -0.116. The Labute approximate surface area is 176 Å². The van der Waals surface area contributed by atoms with E-state index in [4.69, 9.17) is 14.5 Å². The first kappa shape index (κ1) is 20.1. The summed E-state index contributed by atoms with van der Waals surface area (Å²) in [5.41, 5.74) is 3.04. The number of carbonyl (C=O) groups excluding carboxylic acids is 1. The molecule has 158 valence electrons. The first-order chi connectivity index (χ1) is 14.7. The molecule has 0 saturated carbocycles. The van der Waals surface area contributed by atoms with Crippen LogP contribution < -0.4 is 25.4 Å². The molecule has 1 amide bonds. The number of aliphatic imine (C=N–C) groups is 1. The average Bonchev–Trinajstić information content (AvgIpc) is 3.01. The number of benzene rings is 2. The molecule has 7 heteroatoms. The fraction of sp³-hybridized carbons (Fsp3) is 0.391. The van der Waals surface area contributed by atoms with E-state index in [9.17, 15) is 4.79 Å². The van der Waals surface area contributed by atoms with Gasteiger partial charge in [0.05, 0.1) is 19.8 Å². The molecule has 3 N–H and O–H groups in total. The number of ether oxygens (including phenoxy) is 2. The third kappa shape index (κ3) is 4.67. The highest BCUT2D eigenvalue weighted by Gasteiger charge is 2.24. The molecule has 2 aromatic carbocycles. The molecular weight excluding hydrogens is 380 g/mol. The summed E-state index contributed by atoms with van der Waals surface area (Å²) >= 11 is 0. The monoisotopic (exact) mass is 408 g/mol. The fourth-order valence-corrected chi connectivity index (χ4v) is 3.79. The van der Waals surface area contributed by atoms with Crippen molar-refractivity contribution >= 4 is 17.6 Å².